The molecule has 0 fully saturated rings. The Balaban J connectivity index is 0.792. The fraction of sp³-hybridized carbons (Fsp3) is 0.0492. The monoisotopic (exact) mass is 834 g/mol. The predicted molar refractivity (Wildman–Crippen MR) is 266 cm³/mol. The molecule has 0 radical (unpaired) electrons. The Morgan fingerprint density at radius 3 is 1.20 bits per heavy atom. The highest BCUT2D eigenvalue weighted by Crippen LogP contribution is 2.58. The van der Waals surface area contributed by atoms with Crippen LogP contribution in [0.15, 0.2) is 242 Å². The van der Waals surface area contributed by atoms with Gasteiger partial charge in [0.15, 0.2) is 0 Å². The first-order valence-corrected chi connectivity index (χ1v) is 22.4. The summed E-state index contributed by atoms with van der Waals surface area (Å²) in [6, 6.07) is 78.0. The van der Waals surface area contributed by atoms with E-state index in [1.54, 1.807) is 0 Å². The third-order valence-electron chi connectivity index (χ3n) is 13.7. The largest absolute Gasteiger partial charge is 0.458 e. The molecule has 65 heavy (non-hydrogen) atoms. The van der Waals surface area contributed by atoms with Gasteiger partial charge in [-0.05, 0) is 137 Å². The number of fused-ring (bicyclic) bond motifs is 9. The van der Waals surface area contributed by atoms with Crippen LogP contribution in [0.25, 0.3) is 66.1 Å². The zero-order valence-electron chi connectivity index (χ0n) is 35.5. The molecule has 0 spiro atoms. The van der Waals surface area contributed by atoms with Crippen molar-refractivity contribution >= 4 is 43.6 Å². The highest BCUT2D eigenvalue weighted by Gasteiger charge is 2.49. The number of hydrogen-bond acceptors (Lipinski definition) is 2. The molecule has 0 amide bonds. The lowest BCUT2D eigenvalue weighted by atomic mass is 9.62. The molecule has 1 unspecified atom stereocenters. The molecule has 11 aromatic rings. The Labute approximate surface area is 377 Å². The summed E-state index contributed by atoms with van der Waals surface area (Å²) in [5, 5.41) is 5.01. The fourth-order valence-electron chi connectivity index (χ4n) is 11.0. The minimum Gasteiger partial charge on any atom is -0.458 e. The number of hydrogen-bond donors (Lipinski definition) is 0. The van der Waals surface area contributed by atoms with Crippen molar-refractivity contribution in [3.63, 3.8) is 0 Å². The average Bonchev–Trinajstić information content (AvgIpc) is 4.00. The molecule has 2 heterocycles. The molecule has 0 aliphatic heterocycles. The van der Waals surface area contributed by atoms with Gasteiger partial charge >= 0.3 is 0 Å². The molecule has 0 saturated carbocycles. The first-order chi connectivity index (χ1) is 32.2. The summed E-state index contributed by atoms with van der Waals surface area (Å²) < 4.78 is 17.8. The quantitative estimate of drug-likeness (QED) is 0.153. The minimum absolute atomic E-state index is 0.137. The van der Waals surface area contributed by atoms with Crippen LogP contribution in [0, 0.1) is 5.92 Å². The van der Waals surface area contributed by atoms with Crippen LogP contribution < -0.4 is 9.47 Å². The number of allylic oxidation sites excluding steroid dienone is 3. The number of nitrogens with zero attached hydrogens (tertiary/aromatic N) is 2. The Morgan fingerprint density at radius 1 is 0.385 bits per heavy atom. The molecule has 0 N–H and O–H groups in total. The smallest absolute Gasteiger partial charge is 0.127 e. The Bertz CT molecular complexity index is 3530. The molecule has 0 saturated heterocycles. The molecule has 308 valence electrons. The zero-order chi connectivity index (χ0) is 42.9. The van der Waals surface area contributed by atoms with Crippen LogP contribution >= 0.6 is 0 Å². The molecule has 4 heteroatoms. The lowest BCUT2D eigenvalue weighted by molar-refractivity contribution is 0.410. The molecule has 9 aromatic carbocycles. The lowest BCUT2D eigenvalue weighted by Gasteiger charge is -2.40. The first kappa shape index (κ1) is 37.2. The third kappa shape index (κ3) is 5.84. The van der Waals surface area contributed by atoms with Crippen LogP contribution in [0.4, 0.5) is 0 Å². The van der Waals surface area contributed by atoms with Crippen LogP contribution in [-0.4, -0.2) is 9.13 Å². The molecular weight excluding hydrogens is 793 g/mol. The molecule has 13 rings (SSSR count). The van der Waals surface area contributed by atoms with Gasteiger partial charge in [0.25, 0.3) is 0 Å². The second-order valence-electron chi connectivity index (χ2n) is 17.2. The minimum atomic E-state index is -0.418. The fourth-order valence-corrected chi connectivity index (χ4v) is 11.0. The number of benzene rings is 9. The van der Waals surface area contributed by atoms with Crippen molar-refractivity contribution in [2.24, 2.45) is 5.92 Å². The van der Waals surface area contributed by atoms with Crippen molar-refractivity contribution in [1.82, 2.24) is 9.13 Å². The molecule has 2 aromatic heterocycles. The van der Waals surface area contributed by atoms with E-state index in [-0.39, 0.29) is 5.92 Å². The van der Waals surface area contributed by atoms with Crippen LogP contribution in [-0.2, 0) is 5.41 Å². The normalized spacial score (nSPS) is 15.0. The van der Waals surface area contributed by atoms with E-state index in [9.17, 15) is 0 Å². The highest BCUT2D eigenvalue weighted by atomic mass is 16.5. The second kappa shape index (κ2) is 14.9. The molecule has 1 atom stereocenters. The predicted octanol–water partition coefficient (Wildman–Crippen LogP) is 15.5. The first-order valence-electron chi connectivity index (χ1n) is 22.4. The van der Waals surface area contributed by atoms with Gasteiger partial charge in [0.2, 0.25) is 0 Å². The van der Waals surface area contributed by atoms with E-state index in [4.69, 9.17) is 9.47 Å². The van der Waals surface area contributed by atoms with E-state index in [1.165, 1.54) is 71.4 Å². The van der Waals surface area contributed by atoms with Crippen molar-refractivity contribution in [2.75, 3.05) is 0 Å². The number of rotatable bonds is 8. The summed E-state index contributed by atoms with van der Waals surface area (Å²) in [4.78, 5) is 0. The summed E-state index contributed by atoms with van der Waals surface area (Å²) in [6.07, 6.45) is 7.60. The number of aromatic nitrogens is 2. The van der Waals surface area contributed by atoms with Gasteiger partial charge in [0, 0.05) is 32.9 Å². The topological polar surface area (TPSA) is 28.3 Å². The van der Waals surface area contributed by atoms with Gasteiger partial charge in [-0.15, -0.1) is 0 Å². The van der Waals surface area contributed by atoms with Crippen molar-refractivity contribution in [2.45, 2.75) is 11.8 Å². The second-order valence-corrected chi connectivity index (χ2v) is 17.2. The van der Waals surface area contributed by atoms with E-state index in [1.807, 2.05) is 0 Å². The maximum atomic E-state index is 6.58. The molecule has 2 aliphatic carbocycles. The van der Waals surface area contributed by atoms with Gasteiger partial charge in [0.1, 0.15) is 23.0 Å². The maximum absolute atomic E-state index is 6.58. The lowest BCUT2D eigenvalue weighted by Crippen LogP contribution is -2.35. The van der Waals surface area contributed by atoms with Crippen molar-refractivity contribution in [3.8, 4) is 39.8 Å². The summed E-state index contributed by atoms with van der Waals surface area (Å²) in [7, 11) is 0. The van der Waals surface area contributed by atoms with Gasteiger partial charge in [-0.3, -0.25) is 0 Å². The van der Waals surface area contributed by atoms with Gasteiger partial charge in [0.05, 0.1) is 27.5 Å². The molecule has 0 bridgehead atoms. The molecule has 4 nitrogen and oxygen atoms in total. The molecule has 2 aliphatic rings. The standard InChI is InChI=1S/C61H42N2O2/c1-7-19-55-49(13-1)50-14-2-8-20-56(50)61(55,41-25-33-45(34-26-41)64-47-37-29-43(30-38-47)62-57-21-9-3-15-51(57)52-16-4-10-22-58(52)62)42-27-35-46(36-28-42)65-48-39-31-44(32-40-48)63-59-23-11-5-17-53(59)54-18-6-12-24-60(54)63/h1-27,29-40,42H,28H2. The van der Waals surface area contributed by atoms with E-state index in [0.717, 1.165) is 40.8 Å². The van der Waals surface area contributed by atoms with Crippen LogP contribution in [0.5, 0.6) is 17.2 Å². The van der Waals surface area contributed by atoms with Gasteiger partial charge in [-0.25, -0.2) is 0 Å². The Kier molecular flexibility index (Phi) is 8.53. The summed E-state index contributed by atoms with van der Waals surface area (Å²) in [5.74, 6) is 3.40. The van der Waals surface area contributed by atoms with Crippen LogP contribution in [0.3, 0.4) is 0 Å². The number of ether oxygens (including phenoxy) is 2. The van der Waals surface area contributed by atoms with E-state index in [0.29, 0.717) is 0 Å². The van der Waals surface area contributed by atoms with E-state index in [2.05, 4.69) is 246 Å². The van der Waals surface area contributed by atoms with Crippen LogP contribution in [0.1, 0.15) is 23.1 Å². The maximum Gasteiger partial charge on any atom is 0.127 e. The van der Waals surface area contributed by atoms with Crippen molar-refractivity contribution < 1.29 is 9.47 Å². The van der Waals surface area contributed by atoms with Crippen LogP contribution in [0.2, 0.25) is 0 Å². The van der Waals surface area contributed by atoms with Gasteiger partial charge in [-0.1, -0.05) is 140 Å². The summed E-state index contributed by atoms with van der Waals surface area (Å²) in [6.45, 7) is 0. The zero-order valence-corrected chi connectivity index (χ0v) is 35.5. The van der Waals surface area contributed by atoms with Crippen molar-refractivity contribution in [1.29, 1.82) is 0 Å². The Morgan fingerprint density at radius 2 is 0.769 bits per heavy atom. The Hall–Kier alpha value is -8.34. The van der Waals surface area contributed by atoms with Crippen molar-refractivity contribution in [3.05, 3.63) is 259 Å². The summed E-state index contributed by atoms with van der Waals surface area (Å²) >= 11 is 0. The van der Waals surface area contributed by atoms with E-state index < -0.39 is 5.41 Å². The number of para-hydroxylation sites is 4. The average molecular weight is 835 g/mol. The van der Waals surface area contributed by atoms with Gasteiger partial charge in [-0.2, -0.15) is 0 Å². The van der Waals surface area contributed by atoms with E-state index >= 15 is 0 Å². The highest BCUT2D eigenvalue weighted by molar-refractivity contribution is 6.10. The van der Waals surface area contributed by atoms with Gasteiger partial charge < -0.3 is 18.6 Å². The summed E-state index contributed by atoms with van der Waals surface area (Å²) in [5.41, 5.74) is 13.0. The SMILES string of the molecule is C1=CC(C2(c3ccc(Oc4ccc(-n5c6ccccc6c6ccccc65)cc4)cc3)c3ccccc3-c3ccccc32)CC=C1Oc1ccc(-n2c3ccccc3c3ccccc32)cc1. The molecular formula is C61H42N2O2. The third-order valence-corrected chi connectivity index (χ3v) is 13.7.